The van der Waals surface area contributed by atoms with Crippen molar-refractivity contribution in [3.05, 3.63) is 20.7 Å². The number of hydrogen-bond donors (Lipinski definition) is 1. The molecule has 1 heterocycles. The number of rotatable bonds is 8. The van der Waals surface area contributed by atoms with Crippen LogP contribution in [0.4, 0.5) is 0 Å². The van der Waals surface area contributed by atoms with Gasteiger partial charge in [0.1, 0.15) is 0 Å². The van der Waals surface area contributed by atoms with Gasteiger partial charge in [0.05, 0.1) is 5.92 Å². The number of amides is 1. The number of thiazole rings is 1. The van der Waals surface area contributed by atoms with Crippen molar-refractivity contribution in [2.75, 3.05) is 13.1 Å². The van der Waals surface area contributed by atoms with Gasteiger partial charge in [0, 0.05) is 37.1 Å². The zero-order valence-electron chi connectivity index (χ0n) is 12.7. The summed E-state index contributed by atoms with van der Waals surface area (Å²) in [7, 11) is 0. The van der Waals surface area contributed by atoms with Crippen molar-refractivity contribution >= 4 is 23.2 Å². The fourth-order valence-electron chi connectivity index (χ4n) is 2.04. The van der Waals surface area contributed by atoms with E-state index in [4.69, 9.17) is 5.11 Å². The van der Waals surface area contributed by atoms with Crippen molar-refractivity contribution in [2.45, 2.75) is 40.2 Å². The van der Waals surface area contributed by atoms with E-state index in [-0.39, 0.29) is 17.3 Å². The maximum atomic E-state index is 12.1. The lowest BCUT2D eigenvalue weighted by atomic mass is 10.1. The summed E-state index contributed by atoms with van der Waals surface area (Å²) in [5.41, 5.74) is 0.907. The Morgan fingerprint density at radius 3 is 2.62 bits per heavy atom. The minimum Gasteiger partial charge on any atom is -0.481 e. The van der Waals surface area contributed by atoms with Crippen LogP contribution in [0, 0.1) is 12.8 Å². The van der Waals surface area contributed by atoms with E-state index >= 15 is 0 Å². The van der Waals surface area contributed by atoms with Crippen molar-refractivity contribution in [2.24, 2.45) is 5.92 Å². The topological polar surface area (TPSA) is 79.6 Å². The van der Waals surface area contributed by atoms with Gasteiger partial charge in [-0.05, 0) is 20.3 Å². The smallest absolute Gasteiger partial charge is 0.308 e. The summed E-state index contributed by atoms with van der Waals surface area (Å²) in [4.78, 5) is 36.0. The fourth-order valence-corrected chi connectivity index (χ4v) is 2.80. The minimum atomic E-state index is -0.901. The molecule has 0 aliphatic carbocycles. The van der Waals surface area contributed by atoms with Crippen LogP contribution in [0.1, 0.15) is 32.4 Å². The van der Waals surface area contributed by atoms with Crippen LogP contribution in [0.15, 0.2) is 10.2 Å². The second-order valence-corrected chi connectivity index (χ2v) is 5.89. The van der Waals surface area contributed by atoms with Gasteiger partial charge in [-0.3, -0.25) is 14.4 Å². The van der Waals surface area contributed by atoms with Gasteiger partial charge in [-0.25, -0.2) is 0 Å². The molecule has 1 aromatic heterocycles. The predicted molar refractivity (Wildman–Crippen MR) is 81.6 cm³/mol. The van der Waals surface area contributed by atoms with Gasteiger partial charge in [-0.15, -0.1) is 0 Å². The van der Waals surface area contributed by atoms with Crippen molar-refractivity contribution in [1.82, 2.24) is 9.47 Å². The van der Waals surface area contributed by atoms with Gasteiger partial charge in [0.15, 0.2) is 0 Å². The van der Waals surface area contributed by atoms with Gasteiger partial charge in [0.25, 0.3) is 0 Å². The number of carbonyl (C=O) groups excluding carboxylic acids is 1. The second-order valence-electron chi connectivity index (χ2n) is 5.07. The Labute approximate surface area is 128 Å². The summed E-state index contributed by atoms with van der Waals surface area (Å²) in [6, 6.07) is 0. The molecule has 1 rings (SSSR count). The largest absolute Gasteiger partial charge is 0.481 e. The van der Waals surface area contributed by atoms with Gasteiger partial charge in [0.2, 0.25) is 5.91 Å². The molecule has 0 aliphatic rings. The Bertz CT molecular complexity index is 549. The first kappa shape index (κ1) is 17.4. The van der Waals surface area contributed by atoms with Crippen LogP contribution in [0.5, 0.6) is 0 Å². The molecule has 0 saturated carbocycles. The maximum Gasteiger partial charge on any atom is 0.308 e. The number of nitrogens with zero attached hydrogens (tertiary/aromatic N) is 2. The number of carbonyl (C=O) groups is 2. The lowest BCUT2D eigenvalue weighted by molar-refractivity contribution is -0.143. The average molecular weight is 314 g/mol. The van der Waals surface area contributed by atoms with Crippen LogP contribution in [0.3, 0.4) is 0 Å². The second kappa shape index (κ2) is 7.97. The molecule has 1 amide bonds. The van der Waals surface area contributed by atoms with Gasteiger partial charge in [-0.1, -0.05) is 18.3 Å². The summed E-state index contributed by atoms with van der Waals surface area (Å²) in [5.74, 6) is -1.54. The van der Waals surface area contributed by atoms with E-state index < -0.39 is 11.9 Å². The number of aliphatic carboxylic acids is 1. The standard InChI is InChI=1S/C14H22N2O4S/c1-4-15(8-10(2)13(18)19)12(17)6-5-7-16-11(3)9-21-14(16)20/h9-10H,4-8H2,1-3H3,(H,18,19). The Balaban J connectivity index is 2.48. The van der Waals surface area contributed by atoms with Gasteiger partial charge >= 0.3 is 10.8 Å². The molecule has 0 saturated heterocycles. The fraction of sp³-hybridized carbons (Fsp3) is 0.643. The first-order valence-electron chi connectivity index (χ1n) is 7.02. The Hall–Kier alpha value is -1.63. The molecule has 1 atom stereocenters. The number of hydrogen-bond acceptors (Lipinski definition) is 4. The van der Waals surface area contributed by atoms with E-state index in [0.29, 0.717) is 25.9 Å². The predicted octanol–water partition coefficient (Wildman–Crippen LogP) is 1.57. The summed E-state index contributed by atoms with van der Waals surface area (Å²) in [6.45, 7) is 6.53. The first-order chi connectivity index (χ1) is 9.86. The van der Waals surface area contributed by atoms with Crippen LogP contribution in [-0.2, 0) is 16.1 Å². The Morgan fingerprint density at radius 2 is 2.14 bits per heavy atom. The highest BCUT2D eigenvalue weighted by Crippen LogP contribution is 2.06. The van der Waals surface area contributed by atoms with Crippen LogP contribution in [0.2, 0.25) is 0 Å². The summed E-state index contributed by atoms with van der Waals surface area (Å²) in [5, 5.41) is 10.7. The summed E-state index contributed by atoms with van der Waals surface area (Å²) < 4.78 is 1.66. The molecule has 1 unspecified atom stereocenters. The van der Waals surface area contributed by atoms with Crippen molar-refractivity contribution in [3.8, 4) is 0 Å². The van der Waals surface area contributed by atoms with Crippen LogP contribution in [0.25, 0.3) is 0 Å². The molecule has 1 aromatic rings. The number of carboxylic acids is 1. The minimum absolute atomic E-state index is 0.00760. The molecule has 7 heteroatoms. The highest BCUT2D eigenvalue weighted by atomic mass is 32.1. The van der Waals surface area contributed by atoms with Crippen molar-refractivity contribution in [3.63, 3.8) is 0 Å². The Morgan fingerprint density at radius 1 is 1.48 bits per heavy atom. The van der Waals surface area contributed by atoms with Crippen LogP contribution in [-0.4, -0.2) is 39.5 Å². The van der Waals surface area contributed by atoms with E-state index in [1.807, 2.05) is 13.8 Å². The number of carboxylic acid groups (broad SMARTS) is 1. The summed E-state index contributed by atoms with van der Waals surface area (Å²) in [6.07, 6.45) is 0.899. The lowest BCUT2D eigenvalue weighted by Crippen LogP contribution is -2.36. The van der Waals surface area contributed by atoms with E-state index in [2.05, 4.69) is 0 Å². The Kier molecular flexibility index (Phi) is 6.61. The van der Waals surface area contributed by atoms with Crippen LogP contribution < -0.4 is 4.87 Å². The van der Waals surface area contributed by atoms with Crippen molar-refractivity contribution < 1.29 is 14.7 Å². The highest BCUT2D eigenvalue weighted by molar-refractivity contribution is 7.07. The molecular formula is C14H22N2O4S. The normalized spacial score (nSPS) is 12.1. The molecule has 0 radical (unpaired) electrons. The molecule has 6 nitrogen and oxygen atoms in total. The average Bonchev–Trinajstić information content (AvgIpc) is 2.75. The van der Waals surface area contributed by atoms with E-state index in [1.54, 1.807) is 21.8 Å². The molecule has 1 N–H and O–H groups in total. The van der Waals surface area contributed by atoms with Crippen LogP contribution >= 0.6 is 11.3 Å². The third kappa shape index (κ3) is 5.00. The third-order valence-electron chi connectivity index (χ3n) is 3.40. The number of aryl methyl sites for hydroxylation is 1. The number of aromatic nitrogens is 1. The molecule has 118 valence electrons. The lowest BCUT2D eigenvalue weighted by Gasteiger charge is -2.23. The van der Waals surface area contributed by atoms with E-state index in [9.17, 15) is 14.4 Å². The summed E-state index contributed by atoms with van der Waals surface area (Å²) >= 11 is 1.16. The van der Waals surface area contributed by atoms with E-state index in [0.717, 1.165) is 17.0 Å². The quantitative estimate of drug-likeness (QED) is 0.790. The molecular weight excluding hydrogens is 292 g/mol. The van der Waals surface area contributed by atoms with Gasteiger partial charge < -0.3 is 14.6 Å². The molecule has 0 aliphatic heterocycles. The third-order valence-corrected chi connectivity index (χ3v) is 4.28. The molecule has 0 aromatic carbocycles. The first-order valence-corrected chi connectivity index (χ1v) is 7.90. The zero-order chi connectivity index (χ0) is 16.0. The maximum absolute atomic E-state index is 12.1. The highest BCUT2D eigenvalue weighted by Gasteiger charge is 2.19. The zero-order valence-corrected chi connectivity index (χ0v) is 13.5. The van der Waals surface area contributed by atoms with Crippen molar-refractivity contribution in [1.29, 1.82) is 0 Å². The monoisotopic (exact) mass is 314 g/mol. The molecule has 0 fully saturated rings. The van der Waals surface area contributed by atoms with E-state index in [1.165, 1.54) is 0 Å². The SMILES string of the molecule is CCN(CC(C)C(=O)O)C(=O)CCCn1c(C)csc1=O. The molecule has 0 bridgehead atoms. The molecule has 0 spiro atoms. The molecule has 21 heavy (non-hydrogen) atoms. The van der Waals surface area contributed by atoms with Gasteiger partial charge in [-0.2, -0.15) is 0 Å².